The maximum atomic E-state index is 12.5. The Balaban J connectivity index is 1.32. The Labute approximate surface area is 187 Å². The minimum atomic E-state index is -3.35. The quantitative estimate of drug-likeness (QED) is 0.359. The third kappa shape index (κ3) is 5.13. The second kappa shape index (κ2) is 9.04. The van der Waals surface area contributed by atoms with Crippen LogP contribution in [0.15, 0.2) is 41.3 Å². The van der Waals surface area contributed by atoms with Crippen LogP contribution in [0.2, 0.25) is 0 Å². The molecule has 6 nitrogen and oxygen atoms in total. The molecule has 0 spiro atoms. The molecule has 2 aromatic carbocycles. The van der Waals surface area contributed by atoms with Crippen LogP contribution in [0.3, 0.4) is 0 Å². The smallest absolute Gasteiger partial charge is 0.316 e. The number of Topliss-reactive ketones (excluding diaryl/α,β-unsaturated/α-hetero) is 1. The standard InChI is InChI=1S/C23H25NO5S2/c1-31(27,28)24-11-3-6-18-12-19(8-10-21(18)24)22(25)14-29-23(26)15-30-20-9-7-16-4-2-5-17(16)13-20/h7-10,12-13H,2-6,11,14-15H2,1H3. The number of thioether (sulfide) groups is 1. The molecule has 1 heterocycles. The average molecular weight is 460 g/mol. The molecule has 0 amide bonds. The van der Waals surface area contributed by atoms with Gasteiger partial charge in [-0.3, -0.25) is 13.9 Å². The Bertz CT molecular complexity index is 1130. The number of benzene rings is 2. The number of hydrogen-bond acceptors (Lipinski definition) is 6. The molecule has 0 bridgehead atoms. The van der Waals surface area contributed by atoms with E-state index in [4.69, 9.17) is 4.74 Å². The monoisotopic (exact) mass is 459 g/mol. The first-order chi connectivity index (χ1) is 14.8. The normalized spacial score (nSPS) is 15.3. The van der Waals surface area contributed by atoms with Crippen molar-refractivity contribution in [2.24, 2.45) is 0 Å². The maximum absolute atomic E-state index is 12.5. The van der Waals surface area contributed by atoms with Crippen molar-refractivity contribution < 1.29 is 22.7 Å². The topological polar surface area (TPSA) is 80.8 Å². The summed E-state index contributed by atoms with van der Waals surface area (Å²) >= 11 is 1.41. The molecule has 2 aromatic rings. The van der Waals surface area contributed by atoms with Gasteiger partial charge in [-0.15, -0.1) is 11.8 Å². The average Bonchev–Trinajstić information content (AvgIpc) is 3.22. The highest BCUT2D eigenvalue weighted by molar-refractivity contribution is 8.00. The fraction of sp³-hybridized carbons (Fsp3) is 0.391. The van der Waals surface area contributed by atoms with E-state index in [2.05, 4.69) is 12.1 Å². The molecule has 1 aliphatic heterocycles. The SMILES string of the molecule is CS(=O)(=O)N1CCCc2cc(C(=O)COC(=O)CSc3ccc4c(c3)CCC4)ccc21. The molecule has 2 aliphatic rings. The summed E-state index contributed by atoms with van der Waals surface area (Å²) in [6.07, 6.45) is 5.99. The van der Waals surface area contributed by atoms with E-state index in [9.17, 15) is 18.0 Å². The highest BCUT2D eigenvalue weighted by atomic mass is 32.2. The number of rotatable bonds is 7. The summed E-state index contributed by atoms with van der Waals surface area (Å²) < 4.78 is 30.5. The number of fused-ring (bicyclic) bond motifs is 2. The zero-order valence-corrected chi connectivity index (χ0v) is 19.1. The molecule has 0 aromatic heterocycles. The summed E-state index contributed by atoms with van der Waals surface area (Å²) in [7, 11) is -3.35. The highest BCUT2D eigenvalue weighted by Gasteiger charge is 2.25. The van der Waals surface area contributed by atoms with Crippen LogP contribution in [-0.2, 0) is 38.8 Å². The molecule has 0 unspecified atom stereocenters. The number of aryl methyl sites for hydroxylation is 3. The van der Waals surface area contributed by atoms with Crippen molar-refractivity contribution in [3.63, 3.8) is 0 Å². The lowest BCUT2D eigenvalue weighted by Gasteiger charge is -2.29. The number of sulfonamides is 1. The molecule has 0 fully saturated rings. The second-order valence-electron chi connectivity index (χ2n) is 7.94. The molecule has 0 saturated heterocycles. The first-order valence-electron chi connectivity index (χ1n) is 10.4. The van der Waals surface area contributed by atoms with Gasteiger partial charge in [-0.05, 0) is 79.1 Å². The Morgan fingerprint density at radius 3 is 2.58 bits per heavy atom. The van der Waals surface area contributed by atoms with Gasteiger partial charge in [0.1, 0.15) is 0 Å². The summed E-state index contributed by atoms with van der Waals surface area (Å²) in [5, 5.41) is 0. The van der Waals surface area contributed by atoms with E-state index >= 15 is 0 Å². The number of esters is 1. The van der Waals surface area contributed by atoms with Gasteiger partial charge in [-0.1, -0.05) is 6.07 Å². The maximum Gasteiger partial charge on any atom is 0.316 e. The molecule has 0 atom stereocenters. The molecule has 164 valence electrons. The van der Waals surface area contributed by atoms with Crippen molar-refractivity contribution in [3.05, 3.63) is 58.7 Å². The molecule has 1 aliphatic carbocycles. The lowest BCUT2D eigenvalue weighted by atomic mass is 9.99. The fourth-order valence-corrected chi connectivity index (χ4v) is 5.89. The third-order valence-electron chi connectivity index (χ3n) is 5.67. The van der Waals surface area contributed by atoms with E-state index in [-0.39, 0.29) is 18.1 Å². The van der Waals surface area contributed by atoms with Crippen LogP contribution in [-0.4, -0.2) is 45.3 Å². The largest absolute Gasteiger partial charge is 0.457 e. The molecule has 0 radical (unpaired) electrons. The van der Waals surface area contributed by atoms with Crippen molar-refractivity contribution >= 4 is 39.2 Å². The van der Waals surface area contributed by atoms with E-state index in [1.54, 1.807) is 18.2 Å². The van der Waals surface area contributed by atoms with Gasteiger partial charge in [0.2, 0.25) is 10.0 Å². The lowest BCUT2D eigenvalue weighted by Crippen LogP contribution is -2.34. The minimum Gasteiger partial charge on any atom is -0.457 e. The van der Waals surface area contributed by atoms with E-state index in [1.165, 1.54) is 39.9 Å². The Morgan fingerprint density at radius 2 is 1.77 bits per heavy atom. The first-order valence-corrected chi connectivity index (χ1v) is 13.2. The van der Waals surface area contributed by atoms with Gasteiger partial charge in [0, 0.05) is 17.0 Å². The van der Waals surface area contributed by atoms with Gasteiger partial charge in [-0.25, -0.2) is 8.42 Å². The summed E-state index contributed by atoms with van der Waals surface area (Å²) in [5.41, 5.74) is 4.61. The number of hydrogen-bond donors (Lipinski definition) is 0. The van der Waals surface area contributed by atoms with Gasteiger partial charge in [0.25, 0.3) is 0 Å². The van der Waals surface area contributed by atoms with Crippen LogP contribution < -0.4 is 4.31 Å². The highest BCUT2D eigenvalue weighted by Crippen LogP contribution is 2.30. The molecule has 0 N–H and O–H groups in total. The van der Waals surface area contributed by atoms with Crippen LogP contribution in [0.4, 0.5) is 5.69 Å². The predicted octanol–water partition coefficient (Wildman–Crippen LogP) is 3.41. The number of carbonyl (C=O) groups excluding carboxylic acids is 2. The Kier molecular flexibility index (Phi) is 6.39. The van der Waals surface area contributed by atoms with Crippen molar-refractivity contribution in [3.8, 4) is 0 Å². The van der Waals surface area contributed by atoms with E-state index in [0.717, 1.165) is 23.3 Å². The predicted molar refractivity (Wildman–Crippen MR) is 121 cm³/mol. The summed E-state index contributed by atoms with van der Waals surface area (Å²) in [5.74, 6) is -0.574. The Hall–Kier alpha value is -2.32. The first kappa shape index (κ1) is 21.9. The second-order valence-corrected chi connectivity index (χ2v) is 10.9. The molecule has 31 heavy (non-hydrogen) atoms. The molecule has 0 saturated carbocycles. The number of nitrogens with zero attached hydrogens (tertiary/aromatic N) is 1. The summed E-state index contributed by atoms with van der Waals surface area (Å²) in [6.45, 7) is 0.122. The molecular weight excluding hydrogens is 434 g/mol. The number of ketones is 1. The van der Waals surface area contributed by atoms with E-state index in [0.29, 0.717) is 30.6 Å². The van der Waals surface area contributed by atoms with Crippen molar-refractivity contribution in [2.45, 2.75) is 37.0 Å². The van der Waals surface area contributed by atoms with Crippen LogP contribution in [0.5, 0.6) is 0 Å². The number of ether oxygens (including phenoxy) is 1. The molecule has 8 heteroatoms. The summed E-state index contributed by atoms with van der Waals surface area (Å²) in [6, 6.07) is 11.3. The van der Waals surface area contributed by atoms with E-state index < -0.39 is 16.0 Å². The number of anilines is 1. The minimum absolute atomic E-state index is 0.152. The summed E-state index contributed by atoms with van der Waals surface area (Å²) in [4.78, 5) is 25.6. The van der Waals surface area contributed by atoms with Crippen molar-refractivity contribution in [1.82, 2.24) is 0 Å². The van der Waals surface area contributed by atoms with Crippen LogP contribution in [0.25, 0.3) is 0 Å². The van der Waals surface area contributed by atoms with Crippen molar-refractivity contribution in [1.29, 1.82) is 0 Å². The fourth-order valence-electron chi connectivity index (χ4n) is 4.13. The van der Waals surface area contributed by atoms with Gasteiger partial charge in [0.05, 0.1) is 17.7 Å². The molecule has 4 rings (SSSR count). The Morgan fingerprint density at radius 1 is 1.00 bits per heavy atom. The van der Waals surface area contributed by atoms with Gasteiger partial charge in [0.15, 0.2) is 12.4 Å². The number of carbonyl (C=O) groups is 2. The van der Waals surface area contributed by atoms with Crippen molar-refractivity contribution in [2.75, 3.05) is 29.5 Å². The van der Waals surface area contributed by atoms with Crippen LogP contribution >= 0.6 is 11.8 Å². The lowest BCUT2D eigenvalue weighted by molar-refractivity contribution is -0.139. The van der Waals surface area contributed by atoms with Crippen LogP contribution in [0, 0.1) is 0 Å². The van der Waals surface area contributed by atoms with E-state index in [1.807, 2.05) is 6.07 Å². The van der Waals surface area contributed by atoms with Gasteiger partial charge in [-0.2, -0.15) is 0 Å². The van der Waals surface area contributed by atoms with Crippen LogP contribution in [0.1, 0.15) is 39.9 Å². The van der Waals surface area contributed by atoms with Gasteiger partial charge < -0.3 is 4.74 Å². The zero-order valence-electron chi connectivity index (χ0n) is 17.4. The molecular formula is C23H25NO5S2. The van der Waals surface area contributed by atoms with Gasteiger partial charge >= 0.3 is 5.97 Å². The third-order valence-corrected chi connectivity index (χ3v) is 7.82. The zero-order chi connectivity index (χ0) is 22.0.